The first-order valence-corrected chi connectivity index (χ1v) is 4.24. The molecule has 0 aliphatic carbocycles. The Labute approximate surface area is 82.8 Å². The first-order chi connectivity index (χ1) is 6.61. The molecule has 0 heterocycles. The van der Waals surface area contributed by atoms with Gasteiger partial charge in [-0.15, -0.1) is 0 Å². The molecule has 1 unspecified atom stereocenters. The molecule has 1 rings (SSSR count). The van der Waals surface area contributed by atoms with Crippen LogP contribution < -0.4 is 11.5 Å². The van der Waals surface area contributed by atoms with Crippen LogP contribution in [0, 0.1) is 0 Å². The molecule has 0 aromatic heterocycles. The lowest BCUT2D eigenvalue weighted by Gasteiger charge is -2.25. The van der Waals surface area contributed by atoms with Crippen LogP contribution in [-0.2, 0) is 15.1 Å². The maximum atomic E-state index is 11.2. The summed E-state index contributed by atoms with van der Waals surface area (Å²) < 4.78 is 4.90. The standard InChI is InChI=1S/C10H14N2O2/c1-14-7-10(12,9(11)13)8-5-3-2-4-6-8/h2-6H,7,12H2,1H3,(H2,11,13). The van der Waals surface area contributed by atoms with Gasteiger partial charge in [0.15, 0.2) is 0 Å². The van der Waals surface area contributed by atoms with Gasteiger partial charge in [-0.05, 0) is 5.56 Å². The van der Waals surface area contributed by atoms with E-state index in [-0.39, 0.29) is 6.61 Å². The number of rotatable bonds is 4. The summed E-state index contributed by atoms with van der Waals surface area (Å²) in [5.74, 6) is -0.592. The summed E-state index contributed by atoms with van der Waals surface area (Å²) in [5, 5.41) is 0. The molecule has 1 aromatic carbocycles. The molecule has 1 atom stereocenters. The van der Waals surface area contributed by atoms with Gasteiger partial charge in [0.2, 0.25) is 5.91 Å². The van der Waals surface area contributed by atoms with E-state index in [1.165, 1.54) is 7.11 Å². The van der Waals surface area contributed by atoms with Crippen LogP contribution in [0.25, 0.3) is 0 Å². The molecule has 4 heteroatoms. The van der Waals surface area contributed by atoms with Crippen molar-refractivity contribution in [3.63, 3.8) is 0 Å². The Morgan fingerprint density at radius 2 is 2.00 bits per heavy atom. The summed E-state index contributed by atoms with van der Waals surface area (Å²) in [7, 11) is 1.48. The fraction of sp³-hybridized carbons (Fsp3) is 0.300. The van der Waals surface area contributed by atoms with Crippen molar-refractivity contribution in [1.29, 1.82) is 0 Å². The Balaban J connectivity index is 3.06. The Hall–Kier alpha value is -1.39. The number of ether oxygens (including phenoxy) is 1. The van der Waals surface area contributed by atoms with E-state index in [9.17, 15) is 4.79 Å². The quantitative estimate of drug-likeness (QED) is 0.706. The molecule has 1 amide bonds. The lowest BCUT2D eigenvalue weighted by atomic mass is 9.91. The van der Waals surface area contributed by atoms with Crippen molar-refractivity contribution < 1.29 is 9.53 Å². The molecule has 0 saturated carbocycles. The molecule has 0 radical (unpaired) electrons. The van der Waals surface area contributed by atoms with E-state index in [2.05, 4.69) is 0 Å². The third kappa shape index (κ3) is 1.92. The molecule has 0 aliphatic heterocycles. The molecule has 4 N–H and O–H groups in total. The normalized spacial score (nSPS) is 14.7. The van der Waals surface area contributed by atoms with Gasteiger partial charge in [0.1, 0.15) is 5.54 Å². The smallest absolute Gasteiger partial charge is 0.244 e. The number of benzene rings is 1. The molecule has 14 heavy (non-hydrogen) atoms. The lowest BCUT2D eigenvalue weighted by molar-refractivity contribution is -0.125. The van der Waals surface area contributed by atoms with Crippen LogP contribution >= 0.6 is 0 Å². The van der Waals surface area contributed by atoms with Gasteiger partial charge in [-0.25, -0.2) is 0 Å². The van der Waals surface area contributed by atoms with E-state index >= 15 is 0 Å². The van der Waals surface area contributed by atoms with Crippen LogP contribution in [0.1, 0.15) is 5.56 Å². The maximum absolute atomic E-state index is 11.2. The van der Waals surface area contributed by atoms with Gasteiger partial charge >= 0.3 is 0 Å². The highest BCUT2D eigenvalue weighted by molar-refractivity contribution is 5.86. The van der Waals surface area contributed by atoms with E-state index in [0.717, 1.165) is 0 Å². The summed E-state index contributed by atoms with van der Waals surface area (Å²) in [4.78, 5) is 11.2. The minimum absolute atomic E-state index is 0.0757. The predicted octanol–water partition coefficient (Wildman–Crippen LogP) is -0.0277. The maximum Gasteiger partial charge on any atom is 0.244 e. The number of methoxy groups -OCH3 is 1. The molecule has 0 fully saturated rings. The van der Waals surface area contributed by atoms with Crippen LogP contribution in [0.4, 0.5) is 0 Å². The molecule has 0 aliphatic rings. The minimum atomic E-state index is -1.24. The number of hydrogen-bond acceptors (Lipinski definition) is 3. The van der Waals surface area contributed by atoms with Gasteiger partial charge in [-0.1, -0.05) is 30.3 Å². The van der Waals surface area contributed by atoms with Crippen LogP contribution in [0.2, 0.25) is 0 Å². The van der Waals surface area contributed by atoms with Crippen molar-refractivity contribution >= 4 is 5.91 Å². The number of amides is 1. The Kier molecular flexibility index (Phi) is 3.22. The number of primary amides is 1. The van der Waals surface area contributed by atoms with Gasteiger partial charge in [0.05, 0.1) is 6.61 Å². The topological polar surface area (TPSA) is 78.3 Å². The van der Waals surface area contributed by atoms with Crippen molar-refractivity contribution in [2.24, 2.45) is 11.5 Å². The van der Waals surface area contributed by atoms with E-state index < -0.39 is 11.4 Å². The fourth-order valence-electron chi connectivity index (χ4n) is 1.26. The van der Waals surface area contributed by atoms with Crippen molar-refractivity contribution in [2.75, 3.05) is 13.7 Å². The van der Waals surface area contributed by atoms with E-state index in [1.54, 1.807) is 24.3 Å². The fourth-order valence-corrected chi connectivity index (χ4v) is 1.26. The molecular formula is C10H14N2O2. The number of nitrogens with two attached hydrogens (primary N) is 2. The van der Waals surface area contributed by atoms with Crippen LogP contribution in [0.15, 0.2) is 30.3 Å². The summed E-state index contributed by atoms with van der Waals surface area (Å²) in [5.41, 5.74) is 10.5. The SMILES string of the molecule is COCC(N)(C(N)=O)c1ccccc1. The minimum Gasteiger partial charge on any atom is -0.382 e. The van der Waals surface area contributed by atoms with Crippen molar-refractivity contribution in [3.05, 3.63) is 35.9 Å². The molecule has 1 aromatic rings. The van der Waals surface area contributed by atoms with Gasteiger partial charge in [-0.2, -0.15) is 0 Å². The Bertz CT molecular complexity index is 313. The summed E-state index contributed by atoms with van der Waals surface area (Å²) in [6.07, 6.45) is 0. The largest absolute Gasteiger partial charge is 0.382 e. The van der Waals surface area contributed by atoms with Gasteiger partial charge in [-0.3, -0.25) is 4.79 Å². The first-order valence-electron chi connectivity index (χ1n) is 4.24. The second-order valence-electron chi connectivity index (χ2n) is 3.13. The lowest BCUT2D eigenvalue weighted by Crippen LogP contribution is -2.52. The Morgan fingerprint density at radius 3 is 2.43 bits per heavy atom. The average molecular weight is 194 g/mol. The van der Waals surface area contributed by atoms with Crippen LogP contribution in [-0.4, -0.2) is 19.6 Å². The third-order valence-corrected chi connectivity index (χ3v) is 2.10. The number of carbonyl (C=O) groups excluding carboxylic acids is 1. The zero-order valence-electron chi connectivity index (χ0n) is 8.07. The van der Waals surface area contributed by atoms with Crippen LogP contribution in [0.5, 0.6) is 0 Å². The number of carbonyl (C=O) groups is 1. The monoisotopic (exact) mass is 194 g/mol. The van der Waals surface area contributed by atoms with E-state index in [0.29, 0.717) is 5.56 Å². The average Bonchev–Trinajstić information content (AvgIpc) is 2.19. The van der Waals surface area contributed by atoms with Gasteiger partial charge < -0.3 is 16.2 Å². The highest BCUT2D eigenvalue weighted by Crippen LogP contribution is 2.17. The zero-order chi connectivity index (χ0) is 10.6. The highest BCUT2D eigenvalue weighted by atomic mass is 16.5. The second kappa shape index (κ2) is 4.21. The van der Waals surface area contributed by atoms with Crippen LogP contribution in [0.3, 0.4) is 0 Å². The van der Waals surface area contributed by atoms with E-state index in [1.807, 2.05) is 6.07 Å². The highest BCUT2D eigenvalue weighted by Gasteiger charge is 2.33. The van der Waals surface area contributed by atoms with E-state index in [4.69, 9.17) is 16.2 Å². The zero-order valence-corrected chi connectivity index (χ0v) is 8.07. The Morgan fingerprint density at radius 1 is 1.43 bits per heavy atom. The molecule has 0 spiro atoms. The van der Waals surface area contributed by atoms with Gasteiger partial charge in [0, 0.05) is 7.11 Å². The van der Waals surface area contributed by atoms with Crippen molar-refractivity contribution in [3.8, 4) is 0 Å². The van der Waals surface area contributed by atoms with Crippen molar-refractivity contribution in [1.82, 2.24) is 0 Å². The summed E-state index contributed by atoms with van der Waals surface area (Å²) in [6.45, 7) is 0.0757. The molecular weight excluding hydrogens is 180 g/mol. The first kappa shape index (κ1) is 10.7. The second-order valence-corrected chi connectivity index (χ2v) is 3.13. The van der Waals surface area contributed by atoms with Gasteiger partial charge in [0.25, 0.3) is 0 Å². The summed E-state index contributed by atoms with van der Waals surface area (Å²) in [6, 6.07) is 8.95. The molecule has 0 bridgehead atoms. The van der Waals surface area contributed by atoms with Crippen molar-refractivity contribution in [2.45, 2.75) is 5.54 Å². The summed E-state index contributed by atoms with van der Waals surface area (Å²) >= 11 is 0. The molecule has 0 saturated heterocycles. The number of hydrogen-bond donors (Lipinski definition) is 2. The predicted molar refractivity (Wildman–Crippen MR) is 53.4 cm³/mol. The molecule has 76 valence electrons. The third-order valence-electron chi connectivity index (χ3n) is 2.10. The molecule has 4 nitrogen and oxygen atoms in total.